The molecule has 0 saturated carbocycles. The SMILES string of the molecule is COCC(N)C(=O)NC(C)(C(N)=O)c1ccccc1.Cl. The molecule has 0 bridgehead atoms. The highest BCUT2D eigenvalue weighted by Gasteiger charge is 2.35. The lowest BCUT2D eigenvalue weighted by molar-refractivity contribution is -0.132. The van der Waals surface area contributed by atoms with Crippen molar-refractivity contribution in [3.8, 4) is 0 Å². The Labute approximate surface area is 124 Å². The number of ether oxygens (including phenoxy) is 1. The molecular formula is C13H20ClN3O3. The van der Waals surface area contributed by atoms with Gasteiger partial charge in [-0.15, -0.1) is 12.4 Å². The van der Waals surface area contributed by atoms with Crippen molar-refractivity contribution in [2.75, 3.05) is 13.7 Å². The summed E-state index contributed by atoms with van der Waals surface area (Å²) in [5.74, 6) is -1.15. The Morgan fingerprint density at radius 1 is 1.35 bits per heavy atom. The summed E-state index contributed by atoms with van der Waals surface area (Å²) in [6, 6.07) is 7.91. The van der Waals surface area contributed by atoms with Crippen LogP contribution in [0.5, 0.6) is 0 Å². The van der Waals surface area contributed by atoms with Gasteiger partial charge in [0.2, 0.25) is 11.8 Å². The predicted octanol–water partition coefficient (Wildman–Crippen LogP) is -0.101. The molecule has 2 amide bonds. The van der Waals surface area contributed by atoms with Crippen LogP contribution in [0.4, 0.5) is 0 Å². The Balaban J connectivity index is 0.00000361. The van der Waals surface area contributed by atoms with Gasteiger partial charge in [-0.1, -0.05) is 30.3 Å². The normalized spacial score (nSPS) is 14.6. The number of nitrogens with one attached hydrogen (secondary N) is 1. The number of methoxy groups -OCH3 is 1. The van der Waals surface area contributed by atoms with Crippen LogP contribution in [-0.2, 0) is 19.9 Å². The fourth-order valence-corrected chi connectivity index (χ4v) is 1.64. The van der Waals surface area contributed by atoms with Crippen molar-refractivity contribution in [3.05, 3.63) is 35.9 Å². The molecule has 2 unspecified atom stereocenters. The first-order chi connectivity index (χ1) is 8.91. The molecule has 5 N–H and O–H groups in total. The Morgan fingerprint density at radius 3 is 2.35 bits per heavy atom. The van der Waals surface area contributed by atoms with E-state index in [0.29, 0.717) is 5.56 Å². The first kappa shape index (κ1) is 18.4. The summed E-state index contributed by atoms with van der Waals surface area (Å²) < 4.78 is 4.80. The van der Waals surface area contributed by atoms with Gasteiger partial charge in [-0.25, -0.2) is 0 Å². The molecule has 0 saturated heterocycles. The minimum Gasteiger partial charge on any atom is -0.383 e. The average Bonchev–Trinajstić information content (AvgIpc) is 2.39. The van der Waals surface area contributed by atoms with Crippen LogP contribution in [-0.4, -0.2) is 31.6 Å². The summed E-state index contributed by atoms with van der Waals surface area (Å²) in [4.78, 5) is 23.6. The summed E-state index contributed by atoms with van der Waals surface area (Å²) in [5.41, 5.74) is 10.3. The van der Waals surface area contributed by atoms with Crippen molar-refractivity contribution in [1.29, 1.82) is 0 Å². The van der Waals surface area contributed by atoms with Crippen molar-refractivity contribution in [1.82, 2.24) is 5.32 Å². The minimum absolute atomic E-state index is 0. The molecule has 1 rings (SSSR count). The van der Waals surface area contributed by atoms with Gasteiger partial charge in [0.25, 0.3) is 0 Å². The number of carbonyl (C=O) groups excluding carboxylic acids is 2. The maximum atomic E-state index is 11.9. The highest BCUT2D eigenvalue weighted by Crippen LogP contribution is 2.20. The highest BCUT2D eigenvalue weighted by molar-refractivity contribution is 5.92. The van der Waals surface area contributed by atoms with Crippen molar-refractivity contribution in [3.63, 3.8) is 0 Å². The molecule has 0 aromatic heterocycles. The van der Waals surface area contributed by atoms with Gasteiger partial charge >= 0.3 is 0 Å². The van der Waals surface area contributed by atoms with E-state index in [1.807, 2.05) is 6.07 Å². The molecule has 0 heterocycles. The second-order valence-electron chi connectivity index (χ2n) is 4.41. The molecular weight excluding hydrogens is 282 g/mol. The number of primary amides is 1. The third-order valence-electron chi connectivity index (χ3n) is 2.90. The van der Waals surface area contributed by atoms with Crippen LogP contribution in [0, 0.1) is 0 Å². The van der Waals surface area contributed by atoms with E-state index in [1.54, 1.807) is 31.2 Å². The number of amides is 2. The number of hydrogen-bond acceptors (Lipinski definition) is 4. The molecule has 20 heavy (non-hydrogen) atoms. The van der Waals surface area contributed by atoms with Crippen LogP contribution < -0.4 is 16.8 Å². The van der Waals surface area contributed by atoms with Gasteiger partial charge in [0.05, 0.1) is 6.61 Å². The molecule has 0 fully saturated rings. The molecule has 0 radical (unpaired) electrons. The smallest absolute Gasteiger partial charge is 0.247 e. The van der Waals surface area contributed by atoms with Gasteiger partial charge in [0, 0.05) is 7.11 Å². The van der Waals surface area contributed by atoms with E-state index in [1.165, 1.54) is 7.11 Å². The maximum absolute atomic E-state index is 11.9. The van der Waals surface area contributed by atoms with E-state index < -0.39 is 23.4 Å². The summed E-state index contributed by atoms with van der Waals surface area (Å²) in [6.45, 7) is 1.61. The number of halogens is 1. The van der Waals surface area contributed by atoms with Gasteiger partial charge in [-0.3, -0.25) is 9.59 Å². The number of benzene rings is 1. The Hall–Kier alpha value is -1.63. The zero-order valence-corrected chi connectivity index (χ0v) is 12.3. The van der Waals surface area contributed by atoms with E-state index in [2.05, 4.69) is 5.32 Å². The lowest BCUT2D eigenvalue weighted by atomic mass is 9.91. The van der Waals surface area contributed by atoms with E-state index in [4.69, 9.17) is 16.2 Å². The largest absolute Gasteiger partial charge is 0.383 e. The molecule has 1 aromatic rings. The van der Waals surface area contributed by atoms with Gasteiger partial charge in [0.1, 0.15) is 11.6 Å². The van der Waals surface area contributed by atoms with Crippen LogP contribution in [0.3, 0.4) is 0 Å². The minimum atomic E-state index is -1.30. The molecule has 112 valence electrons. The number of carbonyl (C=O) groups is 2. The van der Waals surface area contributed by atoms with Crippen molar-refractivity contribution in [2.24, 2.45) is 11.5 Å². The number of hydrogen-bond donors (Lipinski definition) is 3. The Kier molecular flexibility index (Phi) is 7.20. The second kappa shape index (κ2) is 7.84. The zero-order valence-electron chi connectivity index (χ0n) is 11.5. The molecule has 1 aromatic carbocycles. The van der Waals surface area contributed by atoms with Crippen LogP contribution in [0.25, 0.3) is 0 Å². The lowest BCUT2D eigenvalue weighted by Crippen LogP contribution is -2.57. The maximum Gasteiger partial charge on any atom is 0.247 e. The van der Waals surface area contributed by atoms with Gasteiger partial charge < -0.3 is 21.5 Å². The molecule has 6 nitrogen and oxygen atoms in total. The average molecular weight is 302 g/mol. The topological polar surface area (TPSA) is 107 Å². The van der Waals surface area contributed by atoms with Gasteiger partial charge in [0.15, 0.2) is 0 Å². The predicted molar refractivity (Wildman–Crippen MR) is 78.2 cm³/mol. The lowest BCUT2D eigenvalue weighted by Gasteiger charge is -2.29. The third-order valence-corrected chi connectivity index (χ3v) is 2.90. The monoisotopic (exact) mass is 301 g/mol. The highest BCUT2D eigenvalue weighted by atomic mass is 35.5. The van der Waals surface area contributed by atoms with Crippen LogP contribution in [0.15, 0.2) is 30.3 Å². The van der Waals surface area contributed by atoms with Crippen LogP contribution in [0.2, 0.25) is 0 Å². The number of rotatable bonds is 6. The van der Waals surface area contributed by atoms with Crippen molar-refractivity contribution in [2.45, 2.75) is 18.5 Å². The van der Waals surface area contributed by atoms with Crippen LogP contribution >= 0.6 is 12.4 Å². The zero-order chi connectivity index (χ0) is 14.5. The first-order valence-corrected chi connectivity index (χ1v) is 5.83. The van der Waals surface area contributed by atoms with Gasteiger partial charge in [-0.2, -0.15) is 0 Å². The molecule has 0 aliphatic rings. The standard InChI is InChI=1S/C13H19N3O3.ClH/c1-13(12(15)18,9-6-4-3-5-7-9)16-11(17)10(14)8-19-2;/h3-7,10H,8,14H2,1-2H3,(H2,15,18)(H,16,17);1H. The second-order valence-corrected chi connectivity index (χ2v) is 4.41. The Bertz CT molecular complexity index is 455. The molecule has 2 atom stereocenters. The molecule has 0 spiro atoms. The van der Waals surface area contributed by atoms with Crippen molar-refractivity contribution < 1.29 is 14.3 Å². The summed E-state index contributed by atoms with van der Waals surface area (Å²) in [7, 11) is 1.44. The Morgan fingerprint density at radius 2 is 1.90 bits per heavy atom. The summed E-state index contributed by atoms with van der Waals surface area (Å²) in [5, 5.41) is 2.58. The van der Waals surface area contributed by atoms with Crippen LogP contribution in [0.1, 0.15) is 12.5 Å². The van der Waals surface area contributed by atoms with Crippen molar-refractivity contribution >= 4 is 24.2 Å². The molecule has 0 aliphatic heterocycles. The fourth-order valence-electron chi connectivity index (χ4n) is 1.64. The first-order valence-electron chi connectivity index (χ1n) is 5.83. The number of nitrogens with two attached hydrogens (primary N) is 2. The van der Waals surface area contributed by atoms with E-state index >= 15 is 0 Å². The quantitative estimate of drug-likeness (QED) is 0.682. The van der Waals surface area contributed by atoms with E-state index in [-0.39, 0.29) is 19.0 Å². The van der Waals surface area contributed by atoms with E-state index in [0.717, 1.165) is 0 Å². The van der Waals surface area contributed by atoms with Gasteiger partial charge in [-0.05, 0) is 12.5 Å². The fraction of sp³-hybridized carbons (Fsp3) is 0.385. The van der Waals surface area contributed by atoms with E-state index in [9.17, 15) is 9.59 Å². The molecule has 7 heteroatoms. The third kappa shape index (κ3) is 4.19. The summed E-state index contributed by atoms with van der Waals surface area (Å²) in [6.07, 6.45) is 0. The summed E-state index contributed by atoms with van der Waals surface area (Å²) >= 11 is 0. The molecule has 0 aliphatic carbocycles.